The number of imidazole rings is 1. The van der Waals surface area contributed by atoms with E-state index in [1.807, 2.05) is 37.4 Å². The van der Waals surface area contributed by atoms with Crippen molar-refractivity contribution >= 4 is 0 Å². The van der Waals surface area contributed by atoms with Crippen LogP contribution in [0.3, 0.4) is 0 Å². The molecule has 0 aliphatic carbocycles. The SMILES string of the molecule is CCOc1cccc(C(N)c2nccn2CC)c1. The van der Waals surface area contributed by atoms with Crippen LogP contribution in [0.4, 0.5) is 0 Å². The topological polar surface area (TPSA) is 53.1 Å². The number of hydrogen-bond acceptors (Lipinski definition) is 3. The Labute approximate surface area is 107 Å². The minimum Gasteiger partial charge on any atom is -0.494 e. The second kappa shape index (κ2) is 5.69. The van der Waals surface area contributed by atoms with Gasteiger partial charge in [-0.3, -0.25) is 0 Å². The molecule has 1 aromatic heterocycles. The minimum atomic E-state index is -0.222. The lowest BCUT2D eigenvalue weighted by Gasteiger charge is -2.14. The first-order valence-corrected chi connectivity index (χ1v) is 6.25. The molecular formula is C14H19N3O. The maximum Gasteiger partial charge on any atom is 0.130 e. The predicted octanol–water partition coefficient (Wildman–Crippen LogP) is 2.35. The van der Waals surface area contributed by atoms with Gasteiger partial charge in [0, 0.05) is 18.9 Å². The van der Waals surface area contributed by atoms with Crippen molar-refractivity contribution in [3.05, 3.63) is 48.0 Å². The van der Waals surface area contributed by atoms with E-state index in [0.29, 0.717) is 6.61 Å². The summed E-state index contributed by atoms with van der Waals surface area (Å²) in [5, 5.41) is 0. The van der Waals surface area contributed by atoms with Gasteiger partial charge in [-0.15, -0.1) is 0 Å². The Balaban J connectivity index is 2.28. The fourth-order valence-electron chi connectivity index (χ4n) is 1.98. The third kappa shape index (κ3) is 2.54. The largest absolute Gasteiger partial charge is 0.494 e. The van der Waals surface area contributed by atoms with Gasteiger partial charge in [-0.25, -0.2) is 4.98 Å². The smallest absolute Gasteiger partial charge is 0.130 e. The molecule has 0 aliphatic rings. The highest BCUT2D eigenvalue weighted by Gasteiger charge is 2.14. The number of benzene rings is 1. The lowest BCUT2D eigenvalue weighted by Crippen LogP contribution is -2.17. The van der Waals surface area contributed by atoms with Gasteiger partial charge in [-0.05, 0) is 31.5 Å². The zero-order valence-corrected chi connectivity index (χ0v) is 10.8. The summed E-state index contributed by atoms with van der Waals surface area (Å²) in [4.78, 5) is 4.34. The highest BCUT2D eigenvalue weighted by Crippen LogP contribution is 2.22. The molecule has 4 nitrogen and oxygen atoms in total. The summed E-state index contributed by atoms with van der Waals surface area (Å²) in [5.74, 6) is 1.73. The first kappa shape index (κ1) is 12.6. The van der Waals surface area contributed by atoms with Crippen molar-refractivity contribution in [2.75, 3.05) is 6.61 Å². The molecule has 0 fully saturated rings. The number of nitrogens with zero attached hydrogens (tertiary/aromatic N) is 2. The Bertz CT molecular complexity index is 507. The van der Waals surface area contributed by atoms with Gasteiger partial charge in [-0.2, -0.15) is 0 Å². The molecule has 96 valence electrons. The van der Waals surface area contributed by atoms with Gasteiger partial charge in [0.2, 0.25) is 0 Å². The van der Waals surface area contributed by atoms with Gasteiger partial charge in [-0.1, -0.05) is 12.1 Å². The Hall–Kier alpha value is -1.81. The zero-order chi connectivity index (χ0) is 13.0. The average molecular weight is 245 g/mol. The van der Waals surface area contributed by atoms with Crippen LogP contribution in [-0.2, 0) is 6.54 Å². The second-order valence-electron chi connectivity index (χ2n) is 4.05. The van der Waals surface area contributed by atoms with Crippen molar-refractivity contribution in [3.8, 4) is 5.75 Å². The van der Waals surface area contributed by atoms with Gasteiger partial charge >= 0.3 is 0 Å². The molecule has 4 heteroatoms. The Kier molecular flexibility index (Phi) is 3.99. The molecule has 0 aliphatic heterocycles. The molecule has 1 aromatic carbocycles. The standard InChI is InChI=1S/C14H19N3O/c1-3-17-9-8-16-14(17)13(15)11-6-5-7-12(10-11)18-4-2/h5-10,13H,3-4,15H2,1-2H3. The van der Waals surface area contributed by atoms with E-state index in [4.69, 9.17) is 10.5 Å². The molecular weight excluding hydrogens is 226 g/mol. The van der Waals surface area contributed by atoms with E-state index in [2.05, 4.69) is 16.5 Å². The van der Waals surface area contributed by atoms with Gasteiger partial charge in [0.05, 0.1) is 12.6 Å². The van der Waals surface area contributed by atoms with Crippen molar-refractivity contribution in [1.29, 1.82) is 0 Å². The van der Waals surface area contributed by atoms with E-state index < -0.39 is 0 Å². The molecule has 1 heterocycles. The van der Waals surface area contributed by atoms with Crippen LogP contribution in [0.2, 0.25) is 0 Å². The van der Waals surface area contributed by atoms with Gasteiger partial charge in [0.25, 0.3) is 0 Å². The normalized spacial score (nSPS) is 12.4. The summed E-state index contributed by atoms with van der Waals surface area (Å²) in [5.41, 5.74) is 7.28. The lowest BCUT2D eigenvalue weighted by atomic mass is 10.1. The summed E-state index contributed by atoms with van der Waals surface area (Å²) in [6, 6.07) is 7.65. The number of ether oxygens (including phenoxy) is 1. The lowest BCUT2D eigenvalue weighted by molar-refractivity contribution is 0.339. The van der Waals surface area contributed by atoms with Crippen molar-refractivity contribution in [1.82, 2.24) is 9.55 Å². The summed E-state index contributed by atoms with van der Waals surface area (Å²) < 4.78 is 7.54. The summed E-state index contributed by atoms with van der Waals surface area (Å²) in [7, 11) is 0. The zero-order valence-electron chi connectivity index (χ0n) is 10.8. The minimum absolute atomic E-state index is 0.222. The number of rotatable bonds is 5. The number of aromatic nitrogens is 2. The fraction of sp³-hybridized carbons (Fsp3) is 0.357. The molecule has 0 bridgehead atoms. The molecule has 0 saturated carbocycles. The molecule has 2 aromatic rings. The van der Waals surface area contributed by atoms with Crippen LogP contribution in [0, 0.1) is 0 Å². The van der Waals surface area contributed by atoms with E-state index in [-0.39, 0.29) is 6.04 Å². The van der Waals surface area contributed by atoms with Gasteiger partial charge in [0.1, 0.15) is 11.6 Å². The van der Waals surface area contributed by atoms with Crippen LogP contribution in [0.15, 0.2) is 36.7 Å². The molecule has 1 unspecified atom stereocenters. The Morgan fingerprint density at radius 1 is 1.39 bits per heavy atom. The molecule has 0 radical (unpaired) electrons. The van der Waals surface area contributed by atoms with Crippen LogP contribution < -0.4 is 10.5 Å². The fourth-order valence-corrected chi connectivity index (χ4v) is 1.98. The molecule has 2 rings (SSSR count). The number of hydrogen-bond donors (Lipinski definition) is 1. The highest BCUT2D eigenvalue weighted by atomic mass is 16.5. The van der Waals surface area contributed by atoms with E-state index in [1.54, 1.807) is 6.20 Å². The molecule has 0 saturated heterocycles. The molecule has 1 atom stereocenters. The molecule has 0 spiro atoms. The Morgan fingerprint density at radius 3 is 2.94 bits per heavy atom. The van der Waals surface area contributed by atoms with Crippen LogP contribution >= 0.6 is 0 Å². The maximum atomic E-state index is 6.26. The van der Waals surface area contributed by atoms with Crippen molar-refractivity contribution in [2.45, 2.75) is 26.4 Å². The first-order valence-electron chi connectivity index (χ1n) is 6.25. The quantitative estimate of drug-likeness (QED) is 0.879. The monoisotopic (exact) mass is 245 g/mol. The first-order chi connectivity index (χ1) is 8.76. The van der Waals surface area contributed by atoms with Crippen molar-refractivity contribution < 1.29 is 4.74 Å². The van der Waals surface area contributed by atoms with Crippen LogP contribution in [0.5, 0.6) is 5.75 Å². The van der Waals surface area contributed by atoms with E-state index in [1.165, 1.54) is 0 Å². The van der Waals surface area contributed by atoms with Crippen LogP contribution in [0.1, 0.15) is 31.3 Å². The summed E-state index contributed by atoms with van der Waals surface area (Å²) >= 11 is 0. The molecule has 18 heavy (non-hydrogen) atoms. The van der Waals surface area contributed by atoms with E-state index in [0.717, 1.165) is 23.7 Å². The second-order valence-corrected chi connectivity index (χ2v) is 4.05. The summed E-state index contributed by atoms with van der Waals surface area (Å²) in [6.07, 6.45) is 3.73. The van der Waals surface area contributed by atoms with Crippen molar-refractivity contribution in [2.24, 2.45) is 5.73 Å². The summed E-state index contributed by atoms with van der Waals surface area (Å²) in [6.45, 7) is 5.57. The molecule has 2 N–H and O–H groups in total. The van der Waals surface area contributed by atoms with Crippen molar-refractivity contribution in [3.63, 3.8) is 0 Å². The van der Waals surface area contributed by atoms with E-state index >= 15 is 0 Å². The van der Waals surface area contributed by atoms with Gasteiger partial charge in [0.15, 0.2) is 0 Å². The third-order valence-corrected chi connectivity index (χ3v) is 2.89. The maximum absolute atomic E-state index is 6.26. The van der Waals surface area contributed by atoms with Gasteiger partial charge < -0.3 is 15.0 Å². The van der Waals surface area contributed by atoms with Crippen LogP contribution in [-0.4, -0.2) is 16.2 Å². The third-order valence-electron chi connectivity index (χ3n) is 2.89. The van der Waals surface area contributed by atoms with Crippen LogP contribution in [0.25, 0.3) is 0 Å². The van der Waals surface area contributed by atoms with E-state index in [9.17, 15) is 0 Å². The highest BCUT2D eigenvalue weighted by molar-refractivity contribution is 5.33. The molecule has 0 amide bonds. The number of nitrogens with two attached hydrogens (primary N) is 1. The predicted molar refractivity (Wildman–Crippen MR) is 71.5 cm³/mol. The average Bonchev–Trinajstić information content (AvgIpc) is 2.87. The Morgan fingerprint density at radius 2 is 2.22 bits per heavy atom. The number of aryl methyl sites for hydroxylation is 1.